The molecule has 0 aliphatic heterocycles. The highest BCUT2D eigenvalue weighted by atomic mass is 79.9. The topological polar surface area (TPSA) is 86.9 Å². The van der Waals surface area contributed by atoms with Gasteiger partial charge in [0.25, 0.3) is 5.91 Å². The third-order valence-electron chi connectivity index (χ3n) is 2.40. The summed E-state index contributed by atoms with van der Waals surface area (Å²) in [6.07, 6.45) is 1.37. The molecule has 1 heterocycles. The molecule has 0 bridgehead atoms. The zero-order valence-electron chi connectivity index (χ0n) is 9.14. The maximum absolute atomic E-state index is 11.1. The molecule has 6 heteroatoms. The van der Waals surface area contributed by atoms with Gasteiger partial charge in [-0.05, 0) is 40.5 Å². The number of amides is 1. The number of carbonyl (C=O) groups excluding carboxylic acids is 1. The SMILES string of the molecule is Cc1ccc(Br)c(-n2ncc(C(N)=O)c2N)c1. The van der Waals surface area contributed by atoms with E-state index in [4.69, 9.17) is 11.5 Å². The Hall–Kier alpha value is -1.82. The predicted molar refractivity (Wildman–Crippen MR) is 68.9 cm³/mol. The summed E-state index contributed by atoms with van der Waals surface area (Å²) in [6.45, 7) is 1.96. The number of nitrogen functional groups attached to an aromatic ring is 1. The van der Waals surface area contributed by atoms with Crippen molar-refractivity contribution in [3.63, 3.8) is 0 Å². The van der Waals surface area contributed by atoms with E-state index in [2.05, 4.69) is 21.0 Å². The van der Waals surface area contributed by atoms with Crippen molar-refractivity contribution in [3.8, 4) is 5.69 Å². The number of nitrogens with two attached hydrogens (primary N) is 2. The first kappa shape index (κ1) is 11.7. The molecule has 0 aliphatic rings. The number of aromatic nitrogens is 2. The van der Waals surface area contributed by atoms with Crippen LogP contribution in [-0.4, -0.2) is 15.7 Å². The van der Waals surface area contributed by atoms with Crippen LogP contribution < -0.4 is 11.5 Å². The number of nitrogens with zero attached hydrogens (tertiary/aromatic N) is 2. The fraction of sp³-hybridized carbons (Fsp3) is 0.0909. The van der Waals surface area contributed by atoms with Crippen molar-refractivity contribution in [2.45, 2.75) is 6.92 Å². The number of hydrogen-bond donors (Lipinski definition) is 2. The third kappa shape index (κ3) is 2.03. The van der Waals surface area contributed by atoms with Crippen LogP contribution >= 0.6 is 15.9 Å². The molecule has 1 aromatic carbocycles. The second-order valence-corrected chi connectivity index (χ2v) is 4.53. The molecule has 0 unspecified atom stereocenters. The van der Waals surface area contributed by atoms with Gasteiger partial charge in [0.05, 0.1) is 11.9 Å². The summed E-state index contributed by atoms with van der Waals surface area (Å²) in [7, 11) is 0. The van der Waals surface area contributed by atoms with Gasteiger partial charge in [0.2, 0.25) is 0 Å². The molecule has 1 aromatic heterocycles. The molecule has 1 amide bonds. The third-order valence-corrected chi connectivity index (χ3v) is 3.07. The Morgan fingerprint density at radius 3 is 2.76 bits per heavy atom. The van der Waals surface area contributed by atoms with E-state index in [-0.39, 0.29) is 11.4 Å². The van der Waals surface area contributed by atoms with Crippen molar-refractivity contribution in [1.82, 2.24) is 9.78 Å². The molecule has 4 N–H and O–H groups in total. The van der Waals surface area contributed by atoms with Gasteiger partial charge in [-0.1, -0.05) is 6.07 Å². The minimum absolute atomic E-state index is 0.221. The van der Waals surface area contributed by atoms with Gasteiger partial charge in [0.1, 0.15) is 11.4 Å². The molecule has 88 valence electrons. The van der Waals surface area contributed by atoms with Gasteiger partial charge < -0.3 is 11.5 Å². The van der Waals surface area contributed by atoms with E-state index >= 15 is 0 Å². The highest BCUT2D eigenvalue weighted by molar-refractivity contribution is 9.10. The van der Waals surface area contributed by atoms with Gasteiger partial charge >= 0.3 is 0 Å². The van der Waals surface area contributed by atoms with Crippen LogP contribution in [0.1, 0.15) is 15.9 Å². The summed E-state index contributed by atoms with van der Waals surface area (Å²) in [5.41, 5.74) is 13.1. The molecular weight excluding hydrogens is 284 g/mol. The Bertz CT molecular complexity index is 591. The van der Waals surface area contributed by atoms with Gasteiger partial charge in [-0.15, -0.1) is 0 Å². The van der Waals surface area contributed by atoms with Crippen LogP contribution in [0.2, 0.25) is 0 Å². The smallest absolute Gasteiger partial charge is 0.254 e. The number of benzene rings is 1. The molecule has 17 heavy (non-hydrogen) atoms. The standard InChI is InChI=1S/C11H11BrN4O/c1-6-2-3-8(12)9(4-6)16-10(13)7(5-15-16)11(14)17/h2-5H,13H2,1H3,(H2,14,17). The molecule has 0 spiro atoms. The predicted octanol–water partition coefficient (Wildman–Crippen LogP) is 1.62. The van der Waals surface area contributed by atoms with Crippen molar-refractivity contribution in [2.24, 2.45) is 5.73 Å². The van der Waals surface area contributed by atoms with Gasteiger partial charge in [-0.3, -0.25) is 4.79 Å². The van der Waals surface area contributed by atoms with E-state index in [0.717, 1.165) is 15.7 Å². The van der Waals surface area contributed by atoms with Crippen LogP contribution in [0.5, 0.6) is 0 Å². The molecule has 0 aliphatic carbocycles. The molecule has 0 saturated carbocycles. The number of carbonyl (C=O) groups is 1. The molecule has 2 aromatic rings. The Labute approximate surface area is 107 Å². The Kier molecular flexibility index (Phi) is 2.89. The number of halogens is 1. The van der Waals surface area contributed by atoms with Crippen LogP contribution in [0.3, 0.4) is 0 Å². The zero-order valence-corrected chi connectivity index (χ0v) is 10.7. The van der Waals surface area contributed by atoms with Crippen LogP contribution in [0.15, 0.2) is 28.9 Å². The quantitative estimate of drug-likeness (QED) is 0.882. The first-order chi connectivity index (χ1) is 8.00. The second-order valence-electron chi connectivity index (χ2n) is 3.67. The van der Waals surface area contributed by atoms with Gasteiger partial charge in [-0.2, -0.15) is 5.10 Å². The summed E-state index contributed by atoms with van der Waals surface area (Å²) in [4.78, 5) is 11.1. The summed E-state index contributed by atoms with van der Waals surface area (Å²) in [6, 6.07) is 5.77. The van der Waals surface area contributed by atoms with Gasteiger partial charge in [0.15, 0.2) is 0 Å². The minimum Gasteiger partial charge on any atom is -0.383 e. The van der Waals surface area contributed by atoms with Crippen molar-refractivity contribution in [3.05, 3.63) is 40.0 Å². The molecule has 0 atom stereocenters. The number of anilines is 1. The number of primary amides is 1. The van der Waals surface area contributed by atoms with E-state index in [1.54, 1.807) is 0 Å². The van der Waals surface area contributed by atoms with E-state index in [1.165, 1.54) is 10.9 Å². The summed E-state index contributed by atoms with van der Waals surface area (Å²) >= 11 is 3.42. The van der Waals surface area contributed by atoms with Crippen molar-refractivity contribution in [1.29, 1.82) is 0 Å². The van der Waals surface area contributed by atoms with Crippen molar-refractivity contribution in [2.75, 3.05) is 5.73 Å². The minimum atomic E-state index is -0.586. The largest absolute Gasteiger partial charge is 0.383 e. The monoisotopic (exact) mass is 294 g/mol. The Balaban J connectivity index is 2.61. The maximum Gasteiger partial charge on any atom is 0.254 e. The molecule has 0 saturated heterocycles. The van der Waals surface area contributed by atoms with E-state index < -0.39 is 5.91 Å². The van der Waals surface area contributed by atoms with Crippen LogP contribution in [0.4, 0.5) is 5.82 Å². The average Bonchev–Trinajstić information content (AvgIpc) is 2.64. The maximum atomic E-state index is 11.1. The van der Waals surface area contributed by atoms with Gasteiger partial charge in [0, 0.05) is 4.47 Å². The van der Waals surface area contributed by atoms with E-state index in [0.29, 0.717) is 0 Å². The Morgan fingerprint density at radius 2 is 2.18 bits per heavy atom. The van der Waals surface area contributed by atoms with Crippen molar-refractivity contribution >= 4 is 27.7 Å². The average molecular weight is 295 g/mol. The second kappa shape index (κ2) is 4.21. The molecule has 0 fully saturated rings. The first-order valence-corrected chi connectivity index (χ1v) is 5.70. The fourth-order valence-electron chi connectivity index (χ4n) is 1.52. The van der Waals surface area contributed by atoms with Crippen LogP contribution in [-0.2, 0) is 0 Å². The molecule has 0 radical (unpaired) electrons. The number of hydrogen-bond acceptors (Lipinski definition) is 3. The molecule has 2 rings (SSSR count). The lowest BCUT2D eigenvalue weighted by Gasteiger charge is -2.08. The number of aryl methyl sites for hydroxylation is 1. The lowest BCUT2D eigenvalue weighted by Crippen LogP contribution is -2.13. The van der Waals surface area contributed by atoms with Gasteiger partial charge in [-0.25, -0.2) is 4.68 Å². The van der Waals surface area contributed by atoms with E-state index in [1.807, 2.05) is 25.1 Å². The number of rotatable bonds is 2. The summed E-state index contributed by atoms with van der Waals surface area (Å²) in [5.74, 6) is -0.346. The summed E-state index contributed by atoms with van der Waals surface area (Å²) in [5, 5.41) is 4.07. The lowest BCUT2D eigenvalue weighted by molar-refractivity contribution is 0.100. The van der Waals surface area contributed by atoms with Crippen LogP contribution in [0, 0.1) is 6.92 Å². The highest BCUT2D eigenvalue weighted by Gasteiger charge is 2.14. The first-order valence-electron chi connectivity index (χ1n) is 4.90. The van der Waals surface area contributed by atoms with Crippen LogP contribution in [0.25, 0.3) is 5.69 Å². The van der Waals surface area contributed by atoms with E-state index in [9.17, 15) is 4.79 Å². The highest BCUT2D eigenvalue weighted by Crippen LogP contribution is 2.25. The summed E-state index contributed by atoms with van der Waals surface area (Å²) < 4.78 is 2.32. The molecular formula is C11H11BrN4O. The fourth-order valence-corrected chi connectivity index (χ4v) is 1.94. The van der Waals surface area contributed by atoms with Crippen molar-refractivity contribution < 1.29 is 4.79 Å². The molecule has 5 nitrogen and oxygen atoms in total. The zero-order chi connectivity index (χ0) is 12.6. The Morgan fingerprint density at radius 1 is 1.47 bits per heavy atom. The normalized spacial score (nSPS) is 10.5. The lowest BCUT2D eigenvalue weighted by atomic mass is 10.2.